The first-order valence-electron chi connectivity index (χ1n) is 6.74. The number of ketones is 4. The maximum Gasteiger partial charge on any atom is 0.268 e. The van der Waals surface area contributed by atoms with Crippen LogP contribution in [0.3, 0.4) is 0 Å². The smallest absolute Gasteiger partial charge is 0.268 e. The third kappa shape index (κ3) is 3.46. The highest BCUT2D eigenvalue weighted by Crippen LogP contribution is 2.29. The van der Waals surface area contributed by atoms with E-state index in [1.165, 1.54) is 0 Å². The molecule has 3 atom stereocenters. The van der Waals surface area contributed by atoms with Crippen LogP contribution in [-0.4, -0.2) is 23.1 Å². The van der Waals surface area contributed by atoms with Crippen LogP contribution in [0.2, 0.25) is 0 Å². The Morgan fingerprint density at radius 1 is 1.00 bits per heavy atom. The van der Waals surface area contributed by atoms with Gasteiger partial charge in [-0.3, -0.25) is 19.2 Å². The standard InChI is InChI=1S/C15H20O4/c1-4-5-6-11-9(2)12(16)7-8-13(17)15(19)14(18)10(11)3/h7-11H,4-6H2,1-3H3. The lowest BCUT2D eigenvalue weighted by Gasteiger charge is -2.26. The average Bonchev–Trinajstić information content (AvgIpc) is 2.43. The van der Waals surface area contributed by atoms with Gasteiger partial charge in [0.05, 0.1) is 0 Å². The van der Waals surface area contributed by atoms with E-state index < -0.39 is 23.3 Å². The summed E-state index contributed by atoms with van der Waals surface area (Å²) in [5.74, 6) is -3.87. The Hall–Kier alpha value is -1.58. The van der Waals surface area contributed by atoms with Crippen molar-refractivity contribution >= 4 is 23.1 Å². The molecule has 19 heavy (non-hydrogen) atoms. The summed E-state index contributed by atoms with van der Waals surface area (Å²) in [6.45, 7) is 5.43. The van der Waals surface area contributed by atoms with Crippen LogP contribution < -0.4 is 0 Å². The summed E-state index contributed by atoms with van der Waals surface area (Å²) in [7, 11) is 0. The Balaban J connectivity index is 3.11. The average molecular weight is 264 g/mol. The molecule has 0 saturated heterocycles. The van der Waals surface area contributed by atoms with Gasteiger partial charge in [-0.15, -0.1) is 0 Å². The first-order valence-corrected chi connectivity index (χ1v) is 6.74. The number of hydrogen-bond acceptors (Lipinski definition) is 4. The van der Waals surface area contributed by atoms with Crippen LogP contribution in [-0.2, 0) is 19.2 Å². The third-order valence-corrected chi connectivity index (χ3v) is 3.88. The predicted octanol–water partition coefficient (Wildman–Crippen LogP) is 1.91. The summed E-state index contributed by atoms with van der Waals surface area (Å²) in [5.41, 5.74) is 0. The molecule has 0 heterocycles. The number of rotatable bonds is 3. The molecule has 3 unspecified atom stereocenters. The van der Waals surface area contributed by atoms with Gasteiger partial charge in [-0.1, -0.05) is 33.6 Å². The summed E-state index contributed by atoms with van der Waals surface area (Å²) in [6.07, 6.45) is 4.63. The molecule has 1 aliphatic rings. The maximum atomic E-state index is 12.0. The van der Waals surface area contributed by atoms with E-state index in [0.717, 1.165) is 25.0 Å². The fraction of sp³-hybridized carbons (Fsp3) is 0.600. The Morgan fingerprint density at radius 2 is 1.63 bits per heavy atom. The van der Waals surface area contributed by atoms with Gasteiger partial charge in [0.1, 0.15) is 0 Å². The monoisotopic (exact) mass is 264 g/mol. The van der Waals surface area contributed by atoms with E-state index in [0.29, 0.717) is 6.42 Å². The number of unbranched alkanes of at least 4 members (excludes halogenated alkanes) is 1. The number of carbonyl (C=O) groups excluding carboxylic acids is 4. The second-order valence-corrected chi connectivity index (χ2v) is 5.18. The van der Waals surface area contributed by atoms with Crippen LogP contribution in [0.15, 0.2) is 12.2 Å². The van der Waals surface area contributed by atoms with Crippen molar-refractivity contribution in [3.8, 4) is 0 Å². The van der Waals surface area contributed by atoms with Crippen LogP contribution in [0.5, 0.6) is 0 Å². The van der Waals surface area contributed by atoms with Crippen molar-refractivity contribution in [2.75, 3.05) is 0 Å². The quantitative estimate of drug-likeness (QED) is 0.730. The third-order valence-electron chi connectivity index (χ3n) is 3.88. The molecule has 0 fully saturated rings. The zero-order chi connectivity index (χ0) is 14.6. The highest BCUT2D eigenvalue weighted by atomic mass is 16.2. The highest BCUT2D eigenvalue weighted by Gasteiger charge is 2.36. The van der Waals surface area contributed by atoms with E-state index in [1.807, 2.05) is 6.92 Å². The Bertz CT molecular complexity index is 433. The maximum absolute atomic E-state index is 12.0. The van der Waals surface area contributed by atoms with Gasteiger partial charge < -0.3 is 0 Å². The lowest BCUT2D eigenvalue weighted by Crippen LogP contribution is -2.34. The predicted molar refractivity (Wildman–Crippen MR) is 70.5 cm³/mol. The van der Waals surface area contributed by atoms with Gasteiger partial charge in [-0.2, -0.15) is 0 Å². The van der Waals surface area contributed by atoms with Gasteiger partial charge in [-0.25, -0.2) is 0 Å². The number of allylic oxidation sites excluding steroid dienone is 2. The van der Waals surface area contributed by atoms with E-state index in [2.05, 4.69) is 0 Å². The van der Waals surface area contributed by atoms with Crippen molar-refractivity contribution in [3.05, 3.63) is 12.2 Å². The molecule has 0 spiro atoms. The second-order valence-electron chi connectivity index (χ2n) is 5.18. The molecule has 0 radical (unpaired) electrons. The van der Waals surface area contributed by atoms with E-state index >= 15 is 0 Å². The minimum absolute atomic E-state index is 0.181. The molecule has 0 bridgehead atoms. The van der Waals surface area contributed by atoms with E-state index in [4.69, 9.17) is 0 Å². The molecule has 104 valence electrons. The lowest BCUT2D eigenvalue weighted by molar-refractivity contribution is -0.144. The Kier molecular flexibility index (Phi) is 5.33. The molecule has 0 aromatic carbocycles. The van der Waals surface area contributed by atoms with Gasteiger partial charge in [0, 0.05) is 11.8 Å². The summed E-state index contributed by atoms with van der Waals surface area (Å²) in [4.78, 5) is 47.0. The Morgan fingerprint density at radius 3 is 2.21 bits per heavy atom. The highest BCUT2D eigenvalue weighted by molar-refractivity contribution is 6.66. The van der Waals surface area contributed by atoms with Crippen molar-refractivity contribution in [2.24, 2.45) is 17.8 Å². The van der Waals surface area contributed by atoms with Crippen molar-refractivity contribution in [1.82, 2.24) is 0 Å². The number of carbonyl (C=O) groups is 4. The van der Waals surface area contributed by atoms with E-state index in [1.54, 1.807) is 13.8 Å². The van der Waals surface area contributed by atoms with Crippen molar-refractivity contribution in [1.29, 1.82) is 0 Å². The molecule has 1 aliphatic carbocycles. The first-order chi connectivity index (χ1) is 8.90. The van der Waals surface area contributed by atoms with Crippen LogP contribution in [0.25, 0.3) is 0 Å². The van der Waals surface area contributed by atoms with E-state index in [9.17, 15) is 19.2 Å². The van der Waals surface area contributed by atoms with Crippen molar-refractivity contribution in [3.63, 3.8) is 0 Å². The summed E-state index contributed by atoms with van der Waals surface area (Å²) in [5, 5.41) is 0. The molecule has 0 amide bonds. The van der Waals surface area contributed by atoms with Crippen molar-refractivity contribution in [2.45, 2.75) is 40.0 Å². The van der Waals surface area contributed by atoms with Crippen LogP contribution >= 0.6 is 0 Å². The zero-order valence-electron chi connectivity index (χ0n) is 11.6. The van der Waals surface area contributed by atoms with Gasteiger partial charge in [0.15, 0.2) is 5.78 Å². The molecular weight excluding hydrogens is 244 g/mol. The van der Waals surface area contributed by atoms with Gasteiger partial charge in [-0.05, 0) is 24.5 Å². The molecular formula is C15H20O4. The molecule has 0 aliphatic heterocycles. The lowest BCUT2D eigenvalue weighted by atomic mass is 9.76. The molecule has 0 aromatic heterocycles. The minimum atomic E-state index is -1.01. The Labute approximate surface area is 113 Å². The molecule has 0 saturated carbocycles. The minimum Gasteiger partial charge on any atom is -0.295 e. The molecule has 0 N–H and O–H groups in total. The molecule has 0 aromatic rings. The fourth-order valence-corrected chi connectivity index (χ4v) is 2.49. The SMILES string of the molecule is CCCCC1C(C)C(=O)C=CC(=O)C(=O)C(=O)C1C. The number of Topliss-reactive ketones (excluding diaryl/α,β-unsaturated/α-hetero) is 2. The number of hydrogen-bond donors (Lipinski definition) is 0. The van der Waals surface area contributed by atoms with E-state index in [-0.39, 0.29) is 17.6 Å². The fourth-order valence-electron chi connectivity index (χ4n) is 2.49. The molecule has 1 rings (SSSR count). The zero-order valence-corrected chi connectivity index (χ0v) is 11.6. The summed E-state index contributed by atoms with van der Waals surface area (Å²) >= 11 is 0. The van der Waals surface area contributed by atoms with Gasteiger partial charge in [0.2, 0.25) is 11.6 Å². The van der Waals surface area contributed by atoms with Gasteiger partial charge in [0.25, 0.3) is 5.78 Å². The summed E-state index contributed by atoms with van der Waals surface area (Å²) < 4.78 is 0. The summed E-state index contributed by atoms with van der Waals surface area (Å²) in [6, 6.07) is 0. The van der Waals surface area contributed by atoms with Gasteiger partial charge >= 0.3 is 0 Å². The first kappa shape index (κ1) is 15.5. The molecule has 4 heteroatoms. The van der Waals surface area contributed by atoms with Crippen LogP contribution in [0, 0.1) is 17.8 Å². The second kappa shape index (κ2) is 6.55. The van der Waals surface area contributed by atoms with Crippen molar-refractivity contribution < 1.29 is 19.2 Å². The molecule has 4 nitrogen and oxygen atoms in total. The topological polar surface area (TPSA) is 68.3 Å². The van der Waals surface area contributed by atoms with Crippen LogP contribution in [0.4, 0.5) is 0 Å². The largest absolute Gasteiger partial charge is 0.295 e. The normalized spacial score (nSPS) is 29.1. The van der Waals surface area contributed by atoms with Crippen LogP contribution in [0.1, 0.15) is 40.0 Å².